The zero-order valence-electron chi connectivity index (χ0n) is 8.16. The van der Waals surface area contributed by atoms with Gasteiger partial charge >= 0.3 is 6.03 Å². The fourth-order valence-electron chi connectivity index (χ4n) is 2.02. The fraction of sp³-hybridized carbons (Fsp3) is 0.778. The molecule has 2 aliphatic heterocycles. The predicted octanol–water partition coefficient (Wildman–Crippen LogP) is 0.106. The summed E-state index contributed by atoms with van der Waals surface area (Å²) < 4.78 is 5.39. The van der Waals surface area contributed by atoms with Gasteiger partial charge in [-0.2, -0.15) is 0 Å². The topological polar surface area (TPSA) is 58.6 Å². The number of urea groups is 1. The summed E-state index contributed by atoms with van der Waals surface area (Å²) in [5, 5.41) is 2.32. The third kappa shape index (κ3) is 1.59. The Kier molecular flexibility index (Phi) is 2.41. The number of rotatable bonds is 1. The van der Waals surface area contributed by atoms with Crippen LogP contribution in [0.5, 0.6) is 0 Å². The van der Waals surface area contributed by atoms with Crippen LogP contribution >= 0.6 is 0 Å². The van der Waals surface area contributed by atoms with E-state index in [1.54, 1.807) is 4.90 Å². The van der Waals surface area contributed by atoms with Crippen molar-refractivity contribution in [3.05, 3.63) is 0 Å². The van der Waals surface area contributed by atoms with Crippen molar-refractivity contribution in [3.8, 4) is 0 Å². The lowest BCUT2D eigenvalue weighted by atomic mass is 10.1. The maximum absolute atomic E-state index is 11.5. The Morgan fingerprint density at radius 2 is 2.29 bits per heavy atom. The highest BCUT2D eigenvalue weighted by molar-refractivity contribution is 5.96. The van der Waals surface area contributed by atoms with Crippen LogP contribution in [0.3, 0.4) is 0 Å². The monoisotopic (exact) mass is 198 g/mol. The predicted molar refractivity (Wildman–Crippen MR) is 48.7 cm³/mol. The first-order valence-electron chi connectivity index (χ1n) is 4.90. The van der Waals surface area contributed by atoms with Gasteiger partial charge in [0.1, 0.15) is 0 Å². The first-order chi connectivity index (χ1) is 6.68. The van der Waals surface area contributed by atoms with E-state index in [2.05, 4.69) is 5.32 Å². The van der Waals surface area contributed by atoms with Gasteiger partial charge in [0.25, 0.3) is 0 Å². The first kappa shape index (κ1) is 9.45. The molecule has 0 aromatic carbocycles. The maximum atomic E-state index is 11.5. The molecule has 0 aliphatic carbocycles. The Morgan fingerprint density at radius 3 is 2.86 bits per heavy atom. The van der Waals surface area contributed by atoms with Gasteiger partial charge in [-0.05, 0) is 13.3 Å². The molecule has 2 saturated heterocycles. The highest BCUT2D eigenvalue weighted by Gasteiger charge is 2.35. The second-order valence-electron chi connectivity index (χ2n) is 3.73. The van der Waals surface area contributed by atoms with Crippen molar-refractivity contribution in [2.45, 2.75) is 31.9 Å². The summed E-state index contributed by atoms with van der Waals surface area (Å²) >= 11 is 0. The van der Waals surface area contributed by atoms with Crippen LogP contribution in [0.15, 0.2) is 0 Å². The van der Waals surface area contributed by atoms with Crippen LogP contribution in [-0.4, -0.2) is 42.1 Å². The molecule has 0 spiro atoms. The van der Waals surface area contributed by atoms with Gasteiger partial charge in [0, 0.05) is 19.6 Å². The SMILES string of the molecule is CC1OCCC1N1CCC(=O)NC1=O. The molecule has 5 nitrogen and oxygen atoms in total. The zero-order valence-corrected chi connectivity index (χ0v) is 8.16. The molecule has 5 heteroatoms. The molecule has 0 bridgehead atoms. The largest absolute Gasteiger partial charge is 0.376 e. The van der Waals surface area contributed by atoms with Gasteiger partial charge in [-0.1, -0.05) is 0 Å². The van der Waals surface area contributed by atoms with Gasteiger partial charge in [0.05, 0.1) is 12.1 Å². The summed E-state index contributed by atoms with van der Waals surface area (Å²) in [5.41, 5.74) is 0. The summed E-state index contributed by atoms with van der Waals surface area (Å²) in [6, 6.07) is -0.147. The normalized spacial score (nSPS) is 33.4. The number of hydrogen-bond donors (Lipinski definition) is 1. The van der Waals surface area contributed by atoms with E-state index in [9.17, 15) is 9.59 Å². The molecular weight excluding hydrogens is 184 g/mol. The molecular formula is C9H14N2O3. The zero-order chi connectivity index (χ0) is 10.1. The van der Waals surface area contributed by atoms with Crippen molar-refractivity contribution < 1.29 is 14.3 Å². The van der Waals surface area contributed by atoms with Gasteiger partial charge in [-0.3, -0.25) is 10.1 Å². The van der Waals surface area contributed by atoms with E-state index in [1.165, 1.54) is 0 Å². The molecule has 2 unspecified atom stereocenters. The summed E-state index contributed by atoms with van der Waals surface area (Å²) in [6.07, 6.45) is 1.34. The molecule has 1 N–H and O–H groups in total. The highest BCUT2D eigenvalue weighted by Crippen LogP contribution is 2.20. The smallest absolute Gasteiger partial charge is 0.324 e. The molecule has 2 heterocycles. The highest BCUT2D eigenvalue weighted by atomic mass is 16.5. The lowest BCUT2D eigenvalue weighted by molar-refractivity contribution is -0.121. The Hall–Kier alpha value is -1.10. The molecule has 0 radical (unpaired) electrons. The van der Waals surface area contributed by atoms with Gasteiger partial charge in [-0.15, -0.1) is 0 Å². The molecule has 14 heavy (non-hydrogen) atoms. The van der Waals surface area contributed by atoms with Gasteiger partial charge < -0.3 is 9.64 Å². The molecule has 2 atom stereocenters. The molecule has 2 fully saturated rings. The van der Waals surface area contributed by atoms with Gasteiger partial charge in [0.2, 0.25) is 5.91 Å². The summed E-state index contributed by atoms with van der Waals surface area (Å²) in [6.45, 7) is 3.17. The Bertz CT molecular complexity index is 267. The Morgan fingerprint density at radius 1 is 1.50 bits per heavy atom. The van der Waals surface area contributed by atoms with Crippen molar-refractivity contribution in [1.29, 1.82) is 0 Å². The lowest BCUT2D eigenvalue weighted by Gasteiger charge is -2.33. The van der Waals surface area contributed by atoms with E-state index < -0.39 is 0 Å². The molecule has 78 valence electrons. The van der Waals surface area contributed by atoms with E-state index in [1.807, 2.05) is 6.92 Å². The first-order valence-corrected chi connectivity index (χ1v) is 4.90. The van der Waals surface area contributed by atoms with Crippen LogP contribution in [0.1, 0.15) is 19.8 Å². The standard InChI is InChI=1S/C9H14N2O3/c1-6-7(3-5-14-6)11-4-2-8(12)10-9(11)13/h6-7H,2-5H2,1H3,(H,10,12,13). The molecule has 2 rings (SSSR count). The van der Waals surface area contributed by atoms with E-state index in [4.69, 9.17) is 4.74 Å². The number of nitrogens with zero attached hydrogens (tertiary/aromatic N) is 1. The van der Waals surface area contributed by atoms with E-state index in [0.717, 1.165) is 6.42 Å². The molecule has 0 aromatic rings. The van der Waals surface area contributed by atoms with Crippen LogP contribution in [0, 0.1) is 0 Å². The number of carbonyl (C=O) groups is 2. The maximum Gasteiger partial charge on any atom is 0.324 e. The van der Waals surface area contributed by atoms with E-state index in [0.29, 0.717) is 19.6 Å². The average Bonchev–Trinajstić information content (AvgIpc) is 2.52. The number of imide groups is 1. The third-order valence-electron chi connectivity index (χ3n) is 2.82. The lowest BCUT2D eigenvalue weighted by Crippen LogP contribution is -2.55. The van der Waals surface area contributed by atoms with Crippen molar-refractivity contribution in [3.63, 3.8) is 0 Å². The van der Waals surface area contributed by atoms with Crippen molar-refractivity contribution in [1.82, 2.24) is 10.2 Å². The number of hydrogen-bond acceptors (Lipinski definition) is 3. The minimum atomic E-state index is -0.274. The van der Waals surface area contributed by atoms with Crippen LogP contribution in [0.2, 0.25) is 0 Å². The van der Waals surface area contributed by atoms with Crippen LogP contribution in [0.4, 0.5) is 4.79 Å². The van der Waals surface area contributed by atoms with Gasteiger partial charge in [0.15, 0.2) is 0 Å². The van der Waals surface area contributed by atoms with Crippen LogP contribution in [0.25, 0.3) is 0 Å². The number of carbonyl (C=O) groups excluding carboxylic acids is 2. The quantitative estimate of drug-likeness (QED) is 0.650. The number of ether oxygens (including phenoxy) is 1. The van der Waals surface area contributed by atoms with E-state index >= 15 is 0 Å². The Balaban J connectivity index is 2.03. The molecule has 3 amide bonds. The number of nitrogens with one attached hydrogen (secondary N) is 1. The fourth-order valence-corrected chi connectivity index (χ4v) is 2.02. The second-order valence-corrected chi connectivity index (χ2v) is 3.73. The summed E-state index contributed by atoms with van der Waals surface area (Å²) in [5.74, 6) is -0.183. The van der Waals surface area contributed by atoms with Crippen molar-refractivity contribution >= 4 is 11.9 Å². The molecule has 0 aromatic heterocycles. The van der Waals surface area contributed by atoms with Crippen LogP contribution < -0.4 is 5.32 Å². The minimum absolute atomic E-state index is 0.0777. The third-order valence-corrected chi connectivity index (χ3v) is 2.82. The van der Waals surface area contributed by atoms with Gasteiger partial charge in [-0.25, -0.2) is 4.79 Å². The second kappa shape index (κ2) is 3.57. The number of amides is 3. The Labute approximate surface area is 82.4 Å². The van der Waals surface area contributed by atoms with Crippen molar-refractivity contribution in [2.75, 3.05) is 13.2 Å². The summed E-state index contributed by atoms with van der Waals surface area (Å²) in [4.78, 5) is 24.1. The average molecular weight is 198 g/mol. The molecule has 0 saturated carbocycles. The minimum Gasteiger partial charge on any atom is -0.376 e. The van der Waals surface area contributed by atoms with Crippen LogP contribution in [-0.2, 0) is 9.53 Å². The summed E-state index contributed by atoms with van der Waals surface area (Å²) in [7, 11) is 0. The molecule has 2 aliphatic rings. The van der Waals surface area contributed by atoms with E-state index in [-0.39, 0.29) is 24.1 Å². The van der Waals surface area contributed by atoms with Crippen molar-refractivity contribution in [2.24, 2.45) is 0 Å².